The minimum absolute atomic E-state index is 0.707. The quantitative estimate of drug-likeness (QED) is 0.0725. The molecule has 5 fully saturated rings. The monoisotopic (exact) mass is 910 g/mol. The number of nitrogens with one attached hydrogen (secondary N) is 2. The largest absolute Gasteiger partial charge is 0.394 e. The van der Waals surface area contributed by atoms with E-state index in [4.69, 9.17) is 42.6 Å². The molecule has 5 aliphatic heterocycles. The standard InChI is InChI=1S/C34H58N2O26/c1-8(41)35-15-21(47)27(13(6-40)55-30(15)53)60-31-16(36-9(2)42)28(19(45)12(5-39)56-31)61-34-26(52)29(62-33-25(51)23(49)18(44)11(4-38)58-33)20(46)14(59-34)7-54-32-24(50)22(48)17(43)10(3-37)57-32/h10-34,37-40,43-53H,3-7H2,1-2H3,(H,35,41)(H,36,42)/t10-,11-,12-,13-,14-,15-,16-,17-,18-,19-,20-,21-,22+,23+,24+,25+,26+,27-,28-,29+,30-,31+,32+,33-,34-/m1/s1. The van der Waals surface area contributed by atoms with Crippen molar-refractivity contribution in [3.05, 3.63) is 0 Å². The molecule has 0 radical (unpaired) electrons. The molecule has 25 atom stereocenters. The first-order valence-corrected chi connectivity index (χ1v) is 19.6. The second kappa shape index (κ2) is 22.0. The zero-order chi connectivity index (χ0) is 45.9. The number of carbonyl (C=O) groups is 2. The molecule has 2 amide bonds. The topological polar surface area (TPSA) is 445 Å². The third-order valence-corrected chi connectivity index (χ3v) is 11.1. The molecule has 28 heteroatoms. The van der Waals surface area contributed by atoms with E-state index in [0.717, 1.165) is 13.8 Å². The van der Waals surface area contributed by atoms with Crippen LogP contribution in [-0.2, 0) is 52.2 Å². The van der Waals surface area contributed by atoms with Gasteiger partial charge < -0.3 is 130 Å². The zero-order valence-electron chi connectivity index (χ0n) is 33.2. The summed E-state index contributed by atoms with van der Waals surface area (Å²) < 4.78 is 51.0. The Hall–Kier alpha value is -2.02. The van der Waals surface area contributed by atoms with Gasteiger partial charge >= 0.3 is 0 Å². The number of amides is 2. The number of hydrogen-bond acceptors (Lipinski definition) is 26. The normalized spacial score (nSPS) is 49.0. The summed E-state index contributed by atoms with van der Waals surface area (Å²) >= 11 is 0. The Balaban J connectivity index is 1.46. The fourth-order valence-corrected chi connectivity index (χ4v) is 7.73. The zero-order valence-corrected chi connectivity index (χ0v) is 33.2. The van der Waals surface area contributed by atoms with Crippen LogP contribution in [0.3, 0.4) is 0 Å². The highest BCUT2D eigenvalue weighted by Crippen LogP contribution is 2.35. The van der Waals surface area contributed by atoms with E-state index >= 15 is 0 Å². The molecule has 62 heavy (non-hydrogen) atoms. The SMILES string of the molecule is CC(=O)N[C@@H]1[C@@H](O)[C@H](O[C@@H]2O[C@H](CO)[C@@H](O)[C@H](O[C@H]3O[C@H](CO[C@H]4O[C@H](CO)[C@@H](O)[C@H](O)[C@@H]4O)[C@@H](O)[C@H](O[C@H]4O[C@H](CO)[C@@H](O)[C@H](O)[C@@H]4O)[C@@H]3O)[C@H]2NC(C)=O)[C@@H](CO)O[C@H]1O. The third-order valence-electron chi connectivity index (χ3n) is 11.1. The maximum absolute atomic E-state index is 12.6. The average molecular weight is 911 g/mol. The number of aliphatic hydroxyl groups excluding tert-OH is 15. The van der Waals surface area contributed by atoms with E-state index in [1.807, 2.05) is 0 Å². The molecule has 0 aromatic heterocycles. The molecule has 5 saturated heterocycles. The van der Waals surface area contributed by atoms with Gasteiger partial charge in [-0.3, -0.25) is 9.59 Å². The van der Waals surface area contributed by atoms with Crippen LogP contribution in [-0.4, -0.2) is 275 Å². The Morgan fingerprint density at radius 1 is 0.419 bits per heavy atom. The molecule has 0 unspecified atom stereocenters. The molecule has 5 rings (SSSR count). The Morgan fingerprint density at radius 3 is 1.39 bits per heavy atom. The van der Waals surface area contributed by atoms with Crippen LogP contribution in [0.15, 0.2) is 0 Å². The number of rotatable bonds is 15. The highest BCUT2D eigenvalue weighted by atomic mass is 16.8. The number of ether oxygens (including phenoxy) is 9. The predicted octanol–water partition coefficient (Wildman–Crippen LogP) is -11.6. The summed E-state index contributed by atoms with van der Waals surface area (Å²) in [6, 6.07) is -3.24. The maximum Gasteiger partial charge on any atom is 0.217 e. The molecule has 17 N–H and O–H groups in total. The molecule has 0 bridgehead atoms. The fourth-order valence-electron chi connectivity index (χ4n) is 7.73. The van der Waals surface area contributed by atoms with Gasteiger partial charge in [0.25, 0.3) is 0 Å². The van der Waals surface area contributed by atoms with Crippen LogP contribution in [0.1, 0.15) is 13.8 Å². The van der Waals surface area contributed by atoms with Crippen molar-refractivity contribution in [2.45, 2.75) is 167 Å². The summed E-state index contributed by atoms with van der Waals surface area (Å²) in [5, 5.41) is 163. The fraction of sp³-hybridized carbons (Fsp3) is 0.941. The van der Waals surface area contributed by atoms with E-state index in [9.17, 15) is 86.2 Å². The van der Waals surface area contributed by atoms with Crippen molar-refractivity contribution < 1.29 is 129 Å². The van der Waals surface area contributed by atoms with Crippen molar-refractivity contribution in [2.75, 3.05) is 33.0 Å². The van der Waals surface area contributed by atoms with E-state index in [2.05, 4.69) is 10.6 Å². The van der Waals surface area contributed by atoms with Gasteiger partial charge in [-0.1, -0.05) is 0 Å². The first-order chi connectivity index (χ1) is 29.3. The minimum atomic E-state index is -2.21. The third kappa shape index (κ3) is 11.0. The van der Waals surface area contributed by atoms with Crippen molar-refractivity contribution in [3.63, 3.8) is 0 Å². The summed E-state index contributed by atoms with van der Waals surface area (Å²) in [5.74, 6) is -1.53. The Kier molecular flexibility index (Phi) is 18.1. The summed E-state index contributed by atoms with van der Waals surface area (Å²) in [5.41, 5.74) is 0. The second-order valence-corrected chi connectivity index (χ2v) is 15.5. The van der Waals surface area contributed by atoms with Gasteiger partial charge in [0.2, 0.25) is 11.8 Å². The smallest absolute Gasteiger partial charge is 0.217 e. The lowest BCUT2D eigenvalue weighted by atomic mass is 9.93. The van der Waals surface area contributed by atoms with Gasteiger partial charge in [-0.15, -0.1) is 0 Å². The van der Waals surface area contributed by atoms with Crippen LogP contribution in [0.4, 0.5) is 0 Å². The Labute approximate surface area is 351 Å². The van der Waals surface area contributed by atoms with E-state index in [1.165, 1.54) is 0 Å². The second-order valence-electron chi connectivity index (χ2n) is 15.5. The first-order valence-electron chi connectivity index (χ1n) is 19.6. The lowest BCUT2D eigenvalue weighted by molar-refractivity contribution is -0.382. The summed E-state index contributed by atoms with van der Waals surface area (Å²) in [6.45, 7) is -2.35. The van der Waals surface area contributed by atoms with E-state index in [0.29, 0.717) is 0 Å². The van der Waals surface area contributed by atoms with Crippen LogP contribution in [0.25, 0.3) is 0 Å². The van der Waals surface area contributed by atoms with Crippen molar-refractivity contribution in [3.8, 4) is 0 Å². The van der Waals surface area contributed by atoms with Crippen molar-refractivity contribution in [2.24, 2.45) is 0 Å². The van der Waals surface area contributed by atoms with Crippen LogP contribution >= 0.6 is 0 Å². The van der Waals surface area contributed by atoms with Gasteiger partial charge in [0.1, 0.15) is 122 Å². The van der Waals surface area contributed by atoms with Gasteiger partial charge in [-0.2, -0.15) is 0 Å². The molecule has 0 aliphatic carbocycles. The van der Waals surface area contributed by atoms with Crippen LogP contribution in [0.2, 0.25) is 0 Å². The predicted molar refractivity (Wildman–Crippen MR) is 190 cm³/mol. The Morgan fingerprint density at radius 2 is 0.839 bits per heavy atom. The van der Waals surface area contributed by atoms with E-state index < -0.39 is 198 Å². The highest BCUT2D eigenvalue weighted by molar-refractivity contribution is 5.73. The van der Waals surface area contributed by atoms with E-state index in [1.54, 1.807) is 0 Å². The molecular formula is C34H58N2O26. The average Bonchev–Trinajstić information content (AvgIpc) is 3.23. The first kappa shape index (κ1) is 51.0. The minimum Gasteiger partial charge on any atom is -0.394 e. The van der Waals surface area contributed by atoms with Gasteiger partial charge in [-0.05, 0) is 0 Å². The molecule has 5 aliphatic rings. The van der Waals surface area contributed by atoms with Crippen molar-refractivity contribution in [1.82, 2.24) is 10.6 Å². The van der Waals surface area contributed by atoms with Crippen molar-refractivity contribution >= 4 is 11.8 Å². The molecule has 5 heterocycles. The molecule has 0 aromatic rings. The van der Waals surface area contributed by atoms with Gasteiger partial charge in [0.15, 0.2) is 31.5 Å². The summed E-state index contributed by atoms with van der Waals surface area (Å²) in [4.78, 5) is 24.5. The van der Waals surface area contributed by atoms with E-state index in [-0.39, 0.29) is 0 Å². The number of carbonyl (C=O) groups excluding carboxylic acids is 2. The van der Waals surface area contributed by atoms with Gasteiger partial charge in [-0.25, -0.2) is 0 Å². The summed E-state index contributed by atoms with van der Waals surface area (Å²) in [7, 11) is 0. The van der Waals surface area contributed by atoms with Crippen LogP contribution in [0, 0.1) is 0 Å². The molecule has 0 saturated carbocycles. The lowest BCUT2D eigenvalue weighted by Gasteiger charge is -2.50. The molecule has 0 spiro atoms. The maximum atomic E-state index is 12.6. The van der Waals surface area contributed by atoms with Crippen LogP contribution < -0.4 is 10.6 Å². The molecule has 0 aromatic carbocycles. The Bertz CT molecular complexity index is 1440. The lowest BCUT2D eigenvalue weighted by Crippen LogP contribution is -2.70. The number of aliphatic hydroxyl groups is 15. The van der Waals surface area contributed by atoms with Gasteiger partial charge in [0.05, 0.1) is 33.0 Å². The van der Waals surface area contributed by atoms with Crippen molar-refractivity contribution in [1.29, 1.82) is 0 Å². The van der Waals surface area contributed by atoms with Gasteiger partial charge in [0, 0.05) is 13.8 Å². The van der Waals surface area contributed by atoms with Crippen LogP contribution in [0.5, 0.6) is 0 Å². The highest BCUT2D eigenvalue weighted by Gasteiger charge is 2.56. The molecule has 360 valence electrons. The molecule has 28 nitrogen and oxygen atoms in total. The number of hydrogen-bond donors (Lipinski definition) is 17. The summed E-state index contributed by atoms with van der Waals surface area (Å²) in [6.07, 6.45) is -42.7. The molecular weight excluding hydrogens is 852 g/mol.